The van der Waals surface area contributed by atoms with E-state index in [1.807, 2.05) is 18.2 Å². The Bertz CT molecular complexity index is 291. The number of anilines is 1. The summed E-state index contributed by atoms with van der Waals surface area (Å²) >= 11 is 0. The Kier molecular flexibility index (Phi) is 3.25. The fourth-order valence-electron chi connectivity index (χ4n) is 1.24. The zero-order chi connectivity index (χ0) is 8.39. The summed E-state index contributed by atoms with van der Waals surface area (Å²) < 4.78 is 10.5. The van der Waals surface area contributed by atoms with E-state index in [0.29, 0.717) is 0 Å². The van der Waals surface area contributed by atoms with Crippen molar-refractivity contribution in [2.75, 3.05) is 25.6 Å². The monoisotopic (exact) mass is 201 g/mol. The van der Waals surface area contributed by atoms with Crippen molar-refractivity contribution >= 4 is 18.1 Å². The van der Waals surface area contributed by atoms with Crippen molar-refractivity contribution < 1.29 is 9.47 Å². The molecule has 0 aromatic heterocycles. The molecule has 0 radical (unpaired) electrons. The number of rotatable bonds is 1. The van der Waals surface area contributed by atoms with Crippen LogP contribution < -0.4 is 14.8 Å². The third-order valence-corrected chi connectivity index (χ3v) is 1.86. The van der Waals surface area contributed by atoms with Crippen molar-refractivity contribution in [2.45, 2.75) is 0 Å². The van der Waals surface area contributed by atoms with E-state index in [1.165, 1.54) is 0 Å². The molecule has 0 bridgehead atoms. The maximum absolute atomic E-state index is 5.42. The highest BCUT2D eigenvalue weighted by Gasteiger charge is 2.09. The van der Waals surface area contributed by atoms with Crippen molar-refractivity contribution in [3.8, 4) is 11.5 Å². The van der Waals surface area contributed by atoms with E-state index in [2.05, 4.69) is 5.32 Å². The van der Waals surface area contributed by atoms with Gasteiger partial charge in [0.25, 0.3) is 0 Å². The Morgan fingerprint density at radius 3 is 3.08 bits per heavy atom. The zero-order valence-electron chi connectivity index (χ0n) is 7.37. The van der Waals surface area contributed by atoms with Gasteiger partial charge in [-0.25, -0.2) is 0 Å². The number of hydrogen-bond donors (Lipinski definition) is 1. The number of methoxy groups -OCH3 is 1. The Morgan fingerprint density at radius 2 is 2.31 bits per heavy atom. The van der Waals surface area contributed by atoms with E-state index < -0.39 is 0 Å². The first-order valence-corrected chi connectivity index (χ1v) is 3.95. The Labute approximate surface area is 83.5 Å². The maximum Gasteiger partial charge on any atom is 0.146 e. The lowest BCUT2D eigenvalue weighted by atomic mass is 10.2. The van der Waals surface area contributed by atoms with Crippen LogP contribution in [0.5, 0.6) is 11.5 Å². The van der Waals surface area contributed by atoms with E-state index in [0.717, 1.165) is 30.3 Å². The molecule has 2 rings (SSSR count). The van der Waals surface area contributed by atoms with Gasteiger partial charge in [-0.05, 0) is 12.1 Å². The molecule has 13 heavy (non-hydrogen) atoms. The van der Waals surface area contributed by atoms with E-state index in [9.17, 15) is 0 Å². The van der Waals surface area contributed by atoms with E-state index in [-0.39, 0.29) is 12.4 Å². The summed E-state index contributed by atoms with van der Waals surface area (Å²) in [5.74, 6) is 1.71. The number of halogens is 1. The van der Waals surface area contributed by atoms with Gasteiger partial charge in [-0.15, -0.1) is 12.4 Å². The van der Waals surface area contributed by atoms with Gasteiger partial charge in [0.15, 0.2) is 0 Å². The number of fused-ring (bicyclic) bond motifs is 1. The van der Waals surface area contributed by atoms with Gasteiger partial charge >= 0.3 is 0 Å². The lowest BCUT2D eigenvalue weighted by Crippen LogP contribution is -2.17. The quantitative estimate of drug-likeness (QED) is 0.753. The zero-order valence-corrected chi connectivity index (χ0v) is 8.19. The van der Waals surface area contributed by atoms with Crippen molar-refractivity contribution in [2.24, 2.45) is 0 Å². The third kappa shape index (κ3) is 1.98. The van der Waals surface area contributed by atoms with Gasteiger partial charge in [-0.1, -0.05) is 0 Å². The SMILES string of the molecule is COc1ccc2c(c1)OCCN2.Cl. The topological polar surface area (TPSA) is 30.5 Å². The van der Waals surface area contributed by atoms with Crippen molar-refractivity contribution in [1.82, 2.24) is 0 Å². The second-order valence-corrected chi connectivity index (χ2v) is 2.64. The molecular weight excluding hydrogens is 190 g/mol. The van der Waals surface area contributed by atoms with Crippen LogP contribution in [0.3, 0.4) is 0 Å². The minimum atomic E-state index is 0. The molecule has 1 aliphatic rings. The van der Waals surface area contributed by atoms with Crippen LogP contribution in [0.1, 0.15) is 0 Å². The van der Waals surface area contributed by atoms with Gasteiger partial charge in [0.2, 0.25) is 0 Å². The first-order chi connectivity index (χ1) is 5.90. The number of benzene rings is 1. The fourth-order valence-corrected chi connectivity index (χ4v) is 1.24. The standard InChI is InChI=1S/C9H11NO2.ClH/c1-11-7-2-3-8-9(6-7)12-5-4-10-8;/h2-3,6,10H,4-5H2,1H3;1H. The maximum atomic E-state index is 5.42. The fraction of sp³-hybridized carbons (Fsp3) is 0.333. The van der Waals surface area contributed by atoms with Gasteiger partial charge in [-0.2, -0.15) is 0 Å². The molecule has 1 aliphatic heterocycles. The summed E-state index contributed by atoms with van der Waals surface area (Å²) in [7, 11) is 1.65. The summed E-state index contributed by atoms with van der Waals surface area (Å²) in [5.41, 5.74) is 1.04. The van der Waals surface area contributed by atoms with Crippen LogP contribution in [-0.4, -0.2) is 20.3 Å². The molecule has 0 spiro atoms. The molecule has 0 unspecified atom stereocenters. The predicted octanol–water partition coefficient (Wildman–Crippen LogP) is 1.92. The normalized spacial score (nSPS) is 13.0. The molecule has 1 aromatic carbocycles. The van der Waals surface area contributed by atoms with Crippen LogP contribution in [-0.2, 0) is 0 Å². The highest BCUT2D eigenvalue weighted by atomic mass is 35.5. The minimum absolute atomic E-state index is 0. The molecule has 4 heteroatoms. The number of ether oxygens (including phenoxy) is 2. The van der Waals surface area contributed by atoms with Gasteiger partial charge in [0.1, 0.15) is 18.1 Å². The summed E-state index contributed by atoms with van der Waals surface area (Å²) in [6.07, 6.45) is 0. The van der Waals surface area contributed by atoms with Crippen LogP contribution in [0.25, 0.3) is 0 Å². The van der Waals surface area contributed by atoms with Crippen LogP contribution in [0.15, 0.2) is 18.2 Å². The molecule has 72 valence electrons. The Balaban J connectivity index is 0.000000845. The van der Waals surface area contributed by atoms with Crippen molar-refractivity contribution in [1.29, 1.82) is 0 Å². The number of hydrogen-bond acceptors (Lipinski definition) is 3. The van der Waals surface area contributed by atoms with Gasteiger partial charge in [0, 0.05) is 12.6 Å². The second kappa shape index (κ2) is 4.23. The molecule has 0 saturated heterocycles. The molecule has 0 amide bonds. The average Bonchev–Trinajstić information content (AvgIpc) is 2.17. The lowest BCUT2D eigenvalue weighted by Gasteiger charge is -2.19. The highest BCUT2D eigenvalue weighted by molar-refractivity contribution is 5.85. The van der Waals surface area contributed by atoms with Crippen molar-refractivity contribution in [3.63, 3.8) is 0 Å². The van der Waals surface area contributed by atoms with Gasteiger partial charge in [-0.3, -0.25) is 0 Å². The Morgan fingerprint density at radius 1 is 1.46 bits per heavy atom. The smallest absolute Gasteiger partial charge is 0.146 e. The first-order valence-electron chi connectivity index (χ1n) is 3.95. The molecule has 0 fully saturated rings. The number of nitrogens with one attached hydrogen (secondary N) is 1. The van der Waals surface area contributed by atoms with E-state index in [4.69, 9.17) is 9.47 Å². The van der Waals surface area contributed by atoms with Crippen LogP contribution in [0.4, 0.5) is 5.69 Å². The van der Waals surface area contributed by atoms with Crippen LogP contribution in [0.2, 0.25) is 0 Å². The summed E-state index contributed by atoms with van der Waals surface area (Å²) in [5, 5.41) is 3.23. The predicted molar refractivity (Wildman–Crippen MR) is 54.2 cm³/mol. The van der Waals surface area contributed by atoms with Crippen LogP contribution >= 0.6 is 12.4 Å². The largest absolute Gasteiger partial charge is 0.497 e. The van der Waals surface area contributed by atoms with E-state index in [1.54, 1.807) is 7.11 Å². The lowest BCUT2D eigenvalue weighted by molar-refractivity contribution is 0.320. The summed E-state index contributed by atoms with van der Waals surface area (Å²) in [4.78, 5) is 0. The second-order valence-electron chi connectivity index (χ2n) is 2.64. The molecule has 0 aliphatic carbocycles. The summed E-state index contributed by atoms with van der Waals surface area (Å²) in [6.45, 7) is 1.60. The molecule has 1 aromatic rings. The Hall–Kier alpha value is -1.09. The van der Waals surface area contributed by atoms with Gasteiger partial charge < -0.3 is 14.8 Å². The highest BCUT2D eigenvalue weighted by Crippen LogP contribution is 2.30. The molecule has 1 N–H and O–H groups in total. The van der Waals surface area contributed by atoms with Crippen molar-refractivity contribution in [3.05, 3.63) is 18.2 Å². The molecule has 0 atom stereocenters. The molecule has 3 nitrogen and oxygen atoms in total. The third-order valence-electron chi connectivity index (χ3n) is 1.86. The van der Waals surface area contributed by atoms with Crippen LogP contribution in [0, 0.1) is 0 Å². The first kappa shape index (κ1) is 9.99. The average molecular weight is 202 g/mol. The van der Waals surface area contributed by atoms with E-state index >= 15 is 0 Å². The van der Waals surface area contributed by atoms with Gasteiger partial charge in [0.05, 0.1) is 12.8 Å². The molecular formula is C9H12ClNO2. The molecule has 0 saturated carbocycles. The summed E-state index contributed by atoms with van der Waals surface area (Å²) in [6, 6.07) is 5.77. The minimum Gasteiger partial charge on any atom is -0.497 e. The molecule has 1 heterocycles.